The molecule has 0 bridgehead atoms. The number of fused-ring (bicyclic) bond motifs is 1. The van der Waals surface area contributed by atoms with Crippen LogP contribution in [0.2, 0.25) is 0 Å². The van der Waals surface area contributed by atoms with E-state index in [1.54, 1.807) is 0 Å². The Morgan fingerprint density at radius 3 is 2.85 bits per heavy atom. The molecule has 0 amide bonds. The van der Waals surface area contributed by atoms with E-state index in [-0.39, 0.29) is 12.6 Å². The fourth-order valence-electron chi connectivity index (χ4n) is 1.58. The van der Waals surface area contributed by atoms with Crippen molar-refractivity contribution in [3.63, 3.8) is 0 Å². The van der Waals surface area contributed by atoms with E-state index >= 15 is 0 Å². The van der Waals surface area contributed by atoms with Gasteiger partial charge in [-0.1, -0.05) is 18.2 Å². The second-order valence-electron chi connectivity index (χ2n) is 3.31. The van der Waals surface area contributed by atoms with Crippen molar-refractivity contribution in [2.45, 2.75) is 13.0 Å². The predicted octanol–water partition coefficient (Wildman–Crippen LogP) is 2.19. The van der Waals surface area contributed by atoms with Crippen LogP contribution in [-0.4, -0.2) is 16.3 Å². The van der Waals surface area contributed by atoms with Gasteiger partial charge in [0.1, 0.15) is 0 Å². The van der Waals surface area contributed by atoms with Gasteiger partial charge >= 0.3 is 0 Å². The zero-order valence-electron chi connectivity index (χ0n) is 7.64. The van der Waals surface area contributed by atoms with E-state index in [4.69, 9.17) is 5.11 Å². The first-order valence-corrected chi connectivity index (χ1v) is 4.49. The van der Waals surface area contributed by atoms with Gasteiger partial charge in [0.25, 0.3) is 0 Å². The Morgan fingerprint density at radius 2 is 2.08 bits per heavy atom. The summed E-state index contributed by atoms with van der Waals surface area (Å²) < 4.78 is 2.09. The third kappa shape index (κ3) is 1.33. The van der Waals surface area contributed by atoms with Gasteiger partial charge in [0, 0.05) is 11.7 Å². The molecule has 2 nitrogen and oxygen atoms in total. The molecule has 68 valence electrons. The number of hydrogen-bond donors (Lipinski definition) is 1. The molecule has 1 unspecified atom stereocenters. The van der Waals surface area contributed by atoms with Crippen molar-refractivity contribution in [1.82, 2.24) is 4.57 Å². The van der Waals surface area contributed by atoms with Crippen molar-refractivity contribution < 1.29 is 5.11 Å². The molecule has 0 spiro atoms. The lowest BCUT2D eigenvalue weighted by molar-refractivity contribution is 0.241. The molecule has 0 saturated carbocycles. The minimum Gasteiger partial charge on any atom is -0.394 e. The first kappa shape index (κ1) is 8.32. The highest BCUT2D eigenvalue weighted by Gasteiger charge is 2.05. The average Bonchev–Trinajstić information content (AvgIpc) is 2.60. The molecule has 1 atom stereocenters. The Kier molecular flexibility index (Phi) is 2.07. The van der Waals surface area contributed by atoms with E-state index in [0.29, 0.717) is 0 Å². The topological polar surface area (TPSA) is 25.2 Å². The monoisotopic (exact) mass is 175 g/mol. The van der Waals surface area contributed by atoms with Crippen LogP contribution in [0.15, 0.2) is 36.5 Å². The molecular weight excluding hydrogens is 162 g/mol. The Morgan fingerprint density at radius 1 is 1.31 bits per heavy atom. The first-order chi connectivity index (χ1) is 6.33. The van der Waals surface area contributed by atoms with Gasteiger partial charge < -0.3 is 9.67 Å². The van der Waals surface area contributed by atoms with Crippen LogP contribution in [0.4, 0.5) is 0 Å². The number of rotatable bonds is 2. The zero-order chi connectivity index (χ0) is 9.26. The highest BCUT2D eigenvalue weighted by molar-refractivity contribution is 5.80. The third-order valence-corrected chi connectivity index (χ3v) is 2.37. The van der Waals surface area contributed by atoms with Crippen molar-refractivity contribution in [3.8, 4) is 0 Å². The third-order valence-electron chi connectivity index (χ3n) is 2.37. The SMILES string of the molecule is CC(CO)n1ccc2ccccc21. The van der Waals surface area contributed by atoms with Gasteiger partial charge in [-0.3, -0.25) is 0 Å². The molecule has 2 rings (SSSR count). The quantitative estimate of drug-likeness (QED) is 0.743. The second kappa shape index (κ2) is 3.23. The maximum atomic E-state index is 9.05. The predicted molar refractivity (Wildman–Crippen MR) is 53.7 cm³/mol. The smallest absolute Gasteiger partial charge is 0.0636 e. The number of aliphatic hydroxyl groups is 1. The molecule has 1 aromatic heterocycles. The number of aromatic nitrogens is 1. The van der Waals surface area contributed by atoms with Gasteiger partial charge in [0.05, 0.1) is 12.6 Å². The van der Waals surface area contributed by atoms with Crippen LogP contribution in [0, 0.1) is 0 Å². The van der Waals surface area contributed by atoms with Gasteiger partial charge in [-0.05, 0) is 24.4 Å². The van der Waals surface area contributed by atoms with Gasteiger partial charge in [0.15, 0.2) is 0 Å². The lowest BCUT2D eigenvalue weighted by Crippen LogP contribution is -2.07. The van der Waals surface area contributed by atoms with E-state index < -0.39 is 0 Å². The van der Waals surface area contributed by atoms with Gasteiger partial charge in [-0.15, -0.1) is 0 Å². The molecule has 0 radical (unpaired) electrons. The van der Waals surface area contributed by atoms with Crippen LogP contribution in [0.1, 0.15) is 13.0 Å². The largest absolute Gasteiger partial charge is 0.394 e. The van der Waals surface area contributed by atoms with Crippen LogP contribution in [0.3, 0.4) is 0 Å². The molecular formula is C11H13NO. The van der Waals surface area contributed by atoms with E-state index in [2.05, 4.69) is 22.8 Å². The van der Waals surface area contributed by atoms with Crippen molar-refractivity contribution in [1.29, 1.82) is 0 Å². The molecule has 2 heteroatoms. The fraction of sp³-hybridized carbons (Fsp3) is 0.273. The Labute approximate surface area is 77.4 Å². The summed E-state index contributed by atoms with van der Waals surface area (Å²) in [5.41, 5.74) is 1.18. The van der Waals surface area contributed by atoms with Crippen LogP contribution >= 0.6 is 0 Å². The molecule has 1 aromatic carbocycles. The lowest BCUT2D eigenvalue weighted by Gasteiger charge is -2.11. The van der Waals surface area contributed by atoms with Crippen LogP contribution < -0.4 is 0 Å². The van der Waals surface area contributed by atoms with Crippen LogP contribution in [0.25, 0.3) is 10.9 Å². The van der Waals surface area contributed by atoms with Crippen molar-refractivity contribution >= 4 is 10.9 Å². The minimum absolute atomic E-state index is 0.153. The lowest BCUT2D eigenvalue weighted by atomic mass is 10.2. The van der Waals surface area contributed by atoms with Crippen LogP contribution in [0.5, 0.6) is 0 Å². The average molecular weight is 175 g/mol. The van der Waals surface area contributed by atoms with Crippen molar-refractivity contribution in [3.05, 3.63) is 36.5 Å². The molecule has 2 aromatic rings. The van der Waals surface area contributed by atoms with Crippen LogP contribution in [-0.2, 0) is 0 Å². The molecule has 0 fully saturated rings. The summed E-state index contributed by atoms with van der Waals surface area (Å²) in [6.07, 6.45) is 2.02. The molecule has 0 aliphatic rings. The van der Waals surface area contributed by atoms with Gasteiger partial charge in [-0.25, -0.2) is 0 Å². The Balaban J connectivity index is 2.57. The summed E-state index contributed by atoms with van der Waals surface area (Å²) in [4.78, 5) is 0. The van der Waals surface area contributed by atoms with E-state index in [1.165, 1.54) is 10.9 Å². The Hall–Kier alpha value is -1.28. The summed E-state index contributed by atoms with van der Waals surface area (Å²) in [5, 5.41) is 10.3. The minimum atomic E-state index is 0.153. The summed E-state index contributed by atoms with van der Waals surface area (Å²) in [5.74, 6) is 0. The van der Waals surface area contributed by atoms with E-state index in [1.807, 2.05) is 25.3 Å². The maximum Gasteiger partial charge on any atom is 0.0636 e. The van der Waals surface area contributed by atoms with Crippen molar-refractivity contribution in [2.24, 2.45) is 0 Å². The van der Waals surface area contributed by atoms with E-state index in [0.717, 1.165) is 0 Å². The van der Waals surface area contributed by atoms with E-state index in [9.17, 15) is 0 Å². The molecule has 0 aliphatic heterocycles. The summed E-state index contributed by atoms with van der Waals surface area (Å²) in [7, 11) is 0. The standard InChI is InChI=1S/C11H13NO/c1-9(8-13)12-7-6-10-4-2-3-5-11(10)12/h2-7,9,13H,8H2,1H3. The molecule has 1 heterocycles. The molecule has 1 N–H and O–H groups in total. The van der Waals surface area contributed by atoms with Crippen molar-refractivity contribution in [2.75, 3.05) is 6.61 Å². The number of para-hydroxylation sites is 1. The second-order valence-corrected chi connectivity index (χ2v) is 3.31. The summed E-state index contributed by atoms with van der Waals surface area (Å²) >= 11 is 0. The van der Waals surface area contributed by atoms with Gasteiger partial charge in [0.2, 0.25) is 0 Å². The number of hydrogen-bond acceptors (Lipinski definition) is 1. The normalized spacial score (nSPS) is 13.4. The number of aliphatic hydroxyl groups excluding tert-OH is 1. The summed E-state index contributed by atoms with van der Waals surface area (Å²) in [6, 6.07) is 10.4. The molecule has 0 aliphatic carbocycles. The molecule has 0 saturated heterocycles. The number of nitrogens with zero attached hydrogens (tertiary/aromatic N) is 1. The highest BCUT2D eigenvalue weighted by atomic mass is 16.3. The summed E-state index contributed by atoms with van der Waals surface area (Å²) in [6.45, 7) is 2.19. The fourth-order valence-corrected chi connectivity index (χ4v) is 1.58. The Bertz CT molecular complexity index is 405. The zero-order valence-corrected chi connectivity index (χ0v) is 7.64. The highest BCUT2D eigenvalue weighted by Crippen LogP contribution is 2.18. The molecule has 13 heavy (non-hydrogen) atoms. The number of benzene rings is 1. The maximum absolute atomic E-state index is 9.05. The van der Waals surface area contributed by atoms with Gasteiger partial charge in [-0.2, -0.15) is 0 Å². The first-order valence-electron chi connectivity index (χ1n) is 4.49.